The summed E-state index contributed by atoms with van der Waals surface area (Å²) in [6.45, 7) is 6.77. The molecule has 0 amide bonds. The number of hydrazone groups is 1. The molecule has 0 bridgehead atoms. The van der Waals surface area contributed by atoms with Gasteiger partial charge in [0.05, 0.1) is 0 Å². The summed E-state index contributed by atoms with van der Waals surface area (Å²) in [5.74, 6) is 0.999. The molecule has 4 heteroatoms. The third-order valence-electron chi connectivity index (χ3n) is 1.79. The SMILES string of the molecule is CC(C)(C)CCCC1=NNNN1. The standard InChI is InChI=1S/C8H18N4/c1-8(2,3)6-4-5-7-9-11-12-10-7/h11-12H,4-6H2,1-3H3,(H,9,10). The van der Waals surface area contributed by atoms with Crippen molar-refractivity contribution < 1.29 is 0 Å². The maximum atomic E-state index is 4.00. The number of hydrazine groups is 2. The van der Waals surface area contributed by atoms with Gasteiger partial charge in [-0.05, 0) is 18.3 Å². The molecule has 0 aromatic carbocycles. The monoisotopic (exact) mass is 170 g/mol. The van der Waals surface area contributed by atoms with E-state index in [0.717, 1.165) is 12.3 Å². The molecule has 70 valence electrons. The molecular formula is C8H18N4. The average Bonchev–Trinajstić information content (AvgIpc) is 2.36. The first-order chi connectivity index (χ1) is 5.58. The Morgan fingerprint density at radius 1 is 1.33 bits per heavy atom. The molecule has 0 radical (unpaired) electrons. The Kier molecular flexibility index (Phi) is 2.92. The predicted molar refractivity (Wildman–Crippen MR) is 50.1 cm³/mol. The van der Waals surface area contributed by atoms with E-state index >= 15 is 0 Å². The summed E-state index contributed by atoms with van der Waals surface area (Å²) in [6.07, 6.45) is 3.42. The van der Waals surface area contributed by atoms with E-state index in [-0.39, 0.29) is 0 Å². The molecule has 0 aromatic rings. The molecule has 3 N–H and O–H groups in total. The van der Waals surface area contributed by atoms with Crippen LogP contribution in [0.15, 0.2) is 5.10 Å². The molecule has 0 saturated heterocycles. The molecule has 12 heavy (non-hydrogen) atoms. The Morgan fingerprint density at radius 2 is 2.08 bits per heavy atom. The van der Waals surface area contributed by atoms with Gasteiger partial charge in [0.25, 0.3) is 0 Å². The van der Waals surface area contributed by atoms with E-state index in [0.29, 0.717) is 5.41 Å². The first-order valence-corrected chi connectivity index (χ1v) is 4.40. The van der Waals surface area contributed by atoms with Gasteiger partial charge in [0.2, 0.25) is 0 Å². The van der Waals surface area contributed by atoms with Crippen LogP contribution in [0.3, 0.4) is 0 Å². The van der Waals surface area contributed by atoms with Crippen molar-refractivity contribution in [3.05, 3.63) is 0 Å². The van der Waals surface area contributed by atoms with Crippen LogP contribution < -0.4 is 16.5 Å². The van der Waals surface area contributed by atoms with E-state index in [9.17, 15) is 0 Å². The molecule has 0 atom stereocenters. The number of rotatable bonds is 3. The van der Waals surface area contributed by atoms with Crippen molar-refractivity contribution in [2.24, 2.45) is 10.5 Å². The van der Waals surface area contributed by atoms with Gasteiger partial charge in [0.15, 0.2) is 0 Å². The van der Waals surface area contributed by atoms with E-state index in [1.807, 2.05) is 0 Å². The second-order valence-corrected chi connectivity index (χ2v) is 4.33. The third-order valence-corrected chi connectivity index (χ3v) is 1.79. The molecule has 0 unspecified atom stereocenters. The summed E-state index contributed by atoms with van der Waals surface area (Å²) in [5.41, 5.74) is 8.73. The van der Waals surface area contributed by atoms with Gasteiger partial charge in [-0.1, -0.05) is 20.8 Å². The zero-order valence-electron chi connectivity index (χ0n) is 8.07. The van der Waals surface area contributed by atoms with E-state index in [1.165, 1.54) is 12.8 Å². The topological polar surface area (TPSA) is 48.5 Å². The second kappa shape index (κ2) is 3.76. The molecule has 0 aromatic heterocycles. The Hall–Kier alpha value is -0.770. The van der Waals surface area contributed by atoms with Gasteiger partial charge in [-0.25, -0.2) is 5.53 Å². The Morgan fingerprint density at radius 3 is 2.58 bits per heavy atom. The zero-order chi connectivity index (χ0) is 9.03. The van der Waals surface area contributed by atoms with Crippen molar-refractivity contribution in [3.63, 3.8) is 0 Å². The van der Waals surface area contributed by atoms with Crippen LogP contribution in [0, 0.1) is 5.41 Å². The lowest BCUT2D eigenvalue weighted by atomic mass is 9.90. The maximum absolute atomic E-state index is 4.00. The van der Waals surface area contributed by atoms with Crippen molar-refractivity contribution in [1.82, 2.24) is 16.5 Å². The summed E-state index contributed by atoms with van der Waals surface area (Å²) in [7, 11) is 0. The minimum atomic E-state index is 0.431. The molecule has 0 saturated carbocycles. The van der Waals surface area contributed by atoms with Crippen molar-refractivity contribution >= 4 is 5.84 Å². The summed E-state index contributed by atoms with van der Waals surface area (Å²) in [6, 6.07) is 0. The van der Waals surface area contributed by atoms with Crippen LogP contribution in [-0.4, -0.2) is 5.84 Å². The highest BCUT2D eigenvalue weighted by Gasteiger charge is 2.11. The van der Waals surface area contributed by atoms with Gasteiger partial charge >= 0.3 is 0 Å². The van der Waals surface area contributed by atoms with Crippen LogP contribution in [0.2, 0.25) is 0 Å². The van der Waals surface area contributed by atoms with Gasteiger partial charge in [-0.15, -0.1) is 10.6 Å². The number of amidine groups is 1. The first-order valence-electron chi connectivity index (χ1n) is 4.40. The van der Waals surface area contributed by atoms with Crippen LogP contribution in [0.1, 0.15) is 40.0 Å². The maximum Gasteiger partial charge on any atom is 0.139 e. The Bertz CT molecular complexity index is 168. The van der Waals surface area contributed by atoms with Crippen LogP contribution in [0.4, 0.5) is 0 Å². The van der Waals surface area contributed by atoms with Crippen LogP contribution in [-0.2, 0) is 0 Å². The molecule has 1 aliphatic rings. The summed E-state index contributed by atoms with van der Waals surface area (Å²) < 4.78 is 0. The van der Waals surface area contributed by atoms with Gasteiger partial charge in [0.1, 0.15) is 5.84 Å². The van der Waals surface area contributed by atoms with Gasteiger partial charge in [-0.2, -0.15) is 0 Å². The normalized spacial score (nSPS) is 16.8. The van der Waals surface area contributed by atoms with Crippen molar-refractivity contribution in [1.29, 1.82) is 0 Å². The van der Waals surface area contributed by atoms with Crippen LogP contribution in [0.5, 0.6) is 0 Å². The number of hydrogen-bond acceptors (Lipinski definition) is 4. The third kappa shape index (κ3) is 3.57. The smallest absolute Gasteiger partial charge is 0.139 e. The molecule has 0 spiro atoms. The number of hydrogen-bond donors (Lipinski definition) is 3. The largest absolute Gasteiger partial charge is 0.289 e. The summed E-state index contributed by atoms with van der Waals surface area (Å²) >= 11 is 0. The minimum absolute atomic E-state index is 0.431. The Balaban J connectivity index is 2.10. The van der Waals surface area contributed by atoms with Gasteiger partial charge in [-0.3, -0.25) is 5.43 Å². The van der Waals surface area contributed by atoms with E-state index in [2.05, 4.69) is 42.4 Å². The fourth-order valence-corrected chi connectivity index (χ4v) is 1.13. The van der Waals surface area contributed by atoms with Crippen molar-refractivity contribution in [3.8, 4) is 0 Å². The van der Waals surface area contributed by atoms with Crippen molar-refractivity contribution in [2.75, 3.05) is 0 Å². The van der Waals surface area contributed by atoms with E-state index in [1.54, 1.807) is 0 Å². The fourth-order valence-electron chi connectivity index (χ4n) is 1.13. The second-order valence-electron chi connectivity index (χ2n) is 4.33. The Labute approximate surface area is 73.7 Å². The lowest BCUT2D eigenvalue weighted by Gasteiger charge is -2.17. The van der Waals surface area contributed by atoms with E-state index in [4.69, 9.17) is 0 Å². The van der Waals surface area contributed by atoms with Crippen molar-refractivity contribution in [2.45, 2.75) is 40.0 Å². The van der Waals surface area contributed by atoms with Gasteiger partial charge < -0.3 is 0 Å². The zero-order valence-corrected chi connectivity index (χ0v) is 8.07. The highest BCUT2D eigenvalue weighted by atomic mass is 15.8. The summed E-state index contributed by atoms with van der Waals surface area (Å²) in [4.78, 5) is 0. The lowest BCUT2D eigenvalue weighted by molar-refractivity contribution is 0.368. The highest BCUT2D eigenvalue weighted by Crippen LogP contribution is 2.21. The highest BCUT2D eigenvalue weighted by molar-refractivity contribution is 5.82. The minimum Gasteiger partial charge on any atom is -0.289 e. The predicted octanol–water partition coefficient (Wildman–Crippen LogP) is 1.13. The molecular weight excluding hydrogens is 152 g/mol. The quantitative estimate of drug-likeness (QED) is 0.595. The van der Waals surface area contributed by atoms with Crippen LogP contribution in [0.25, 0.3) is 0 Å². The first kappa shape index (κ1) is 9.32. The van der Waals surface area contributed by atoms with Gasteiger partial charge in [0, 0.05) is 6.42 Å². The molecule has 1 heterocycles. The number of nitrogens with one attached hydrogen (secondary N) is 3. The summed E-state index contributed by atoms with van der Waals surface area (Å²) in [5, 5.41) is 4.00. The van der Waals surface area contributed by atoms with Crippen LogP contribution >= 0.6 is 0 Å². The average molecular weight is 170 g/mol. The molecule has 1 rings (SSSR count). The molecule has 0 fully saturated rings. The molecule has 1 aliphatic heterocycles. The molecule has 0 aliphatic carbocycles. The lowest BCUT2D eigenvalue weighted by Crippen LogP contribution is -2.34. The van der Waals surface area contributed by atoms with E-state index < -0.39 is 0 Å². The molecule has 4 nitrogen and oxygen atoms in total. The fraction of sp³-hybridized carbons (Fsp3) is 0.875. The number of nitrogens with zero attached hydrogens (tertiary/aromatic N) is 1.